The van der Waals surface area contributed by atoms with Crippen molar-refractivity contribution in [3.05, 3.63) is 59.7 Å². The second-order valence-corrected chi connectivity index (χ2v) is 9.93. The standard InChI is InChI=1S/C30H41BrO5/c1-3-24(2)35-29(32)25-16-20-28(21-17-25)36-30(33)26-14-18-27(19-15-26)34-23-13-11-9-7-5-4-6-8-10-12-22-31/h14-21,24H,3-13,22-23H2,1-2H3. The van der Waals surface area contributed by atoms with Crippen molar-refractivity contribution < 1.29 is 23.8 Å². The molecule has 0 N–H and O–H groups in total. The Hall–Kier alpha value is -2.34. The first-order valence-electron chi connectivity index (χ1n) is 13.4. The second kappa shape index (κ2) is 18.0. The monoisotopic (exact) mass is 560 g/mol. The normalized spacial score (nSPS) is 11.6. The Bertz CT molecular complexity index is 879. The van der Waals surface area contributed by atoms with Gasteiger partial charge in [-0.25, -0.2) is 9.59 Å². The van der Waals surface area contributed by atoms with E-state index in [-0.39, 0.29) is 12.1 Å². The second-order valence-electron chi connectivity index (χ2n) is 9.14. The molecule has 0 heterocycles. The van der Waals surface area contributed by atoms with Crippen molar-refractivity contribution >= 4 is 27.9 Å². The van der Waals surface area contributed by atoms with E-state index in [1.165, 1.54) is 57.8 Å². The highest BCUT2D eigenvalue weighted by Crippen LogP contribution is 2.18. The summed E-state index contributed by atoms with van der Waals surface area (Å²) in [6, 6.07) is 13.4. The van der Waals surface area contributed by atoms with Crippen LogP contribution >= 0.6 is 15.9 Å². The smallest absolute Gasteiger partial charge is 0.343 e. The van der Waals surface area contributed by atoms with Crippen LogP contribution in [0.5, 0.6) is 11.5 Å². The van der Waals surface area contributed by atoms with Crippen molar-refractivity contribution in [1.82, 2.24) is 0 Å². The summed E-state index contributed by atoms with van der Waals surface area (Å²) >= 11 is 3.48. The summed E-state index contributed by atoms with van der Waals surface area (Å²) in [6.45, 7) is 4.49. The minimum absolute atomic E-state index is 0.138. The molecule has 5 nitrogen and oxygen atoms in total. The minimum atomic E-state index is -0.459. The fraction of sp³-hybridized carbons (Fsp3) is 0.533. The summed E-state index contributed by atoms with van der Waals surface area (Å²) < 4.78 is 16.5. The maximum Gasteiger partial charge on any atom is 0.343 e. The Kier molecular flexibility index (Phi) is 14.9. The molecule has 0 aliphatic heterocycles. The quantitative estimate of drug-likeness (QED) is 0.0790. The van der Waals surface area contributed by atoms with Crippen LogP contribution < -0.4 is 9.47 Å². The Morgan fingerprint density at radius 1 is 0.694 bits per heavy atom. The lowest BCUT2D eigenvalue weighted by Crippen LogP contribution is -2.14. The Morgan fingerprint density at radius 2 is 1.17 bits per heavy atom. The number of hydrogen-bond acceptors (Lipinski definition) is 5. The summed E-state index contributed by atoms with van der Waals surface area (Å²) in [7, 11) is 0. The van der Waals surface area contributed by atoms with Gasteiger partial charge in [-0.3, -0.25) is 0 Å². The maximum atomic E-state index is 12.4. The van der Waals surface area contributed by atoms with Gasteiger partial charge in [0.05, 0.1) is 23.8 Å². The number of carbonyl (C=O) groups excluding carboxylic acids is 2. The number of esters is 2. The number of alkyl halides is 1. The zero-order chi connectivity index (χ0) is 26.0. The predicted molar refractivity (Wildman–Crippen MR) is 148 cm³/mol. The highest BCUT2D eigenvalue weighted by atomic mass is 79.9. The first-order valence-corrected chi connectivity index (χ1v) is 14.5. The first-order chi connectivity index (χ1) is 17.5. The molecule has 0 saturated heterocycles. The molecule has 0 aromatic heterocycles. The summed E-state index contributed by atoms with van der Waals surface area (Å²) in [6.07, 6.45) is 13.4. The molecule has 0 aliphatic rings. The number of benzene rings is 2. The van der Waals surface area contributed by atoms with Gasteiger partial charge in [0.2, 0.25) is 0 Å². The lowest BCUT2D eigenvalue weighted by molar-refractivity contribution is 0.0334. The molecule has 2 aromatic carbocycles. The Labute approximate surface area is 225 Å². The van der Waals surface area contributed by atoms with Gasteiger partial charge in [-0.05, 0) is 74.7 Å². The molecular formula is C30H41BrO5. The molecule has 1 atom stereocenters. The third kappa shape index (κ3) is 12.1. The van der Waals surface area contributed by atoms with Crippen LogP contribution in [0.4, 0.5) is 0 Å². The first kappa shape index (κ1) is 29.9. The van der Waals surface area contributed by atoms with Crippen LogP contribution in [0.15, 0.2) is 48.5 Å². The van der Waals surface area contributed by atoms with Crippen LogP contribution in [-0.2, 0) is 4.74 Å². The largest absolute Gasteiger partial charge is 0.494 e. The van der Waals surface area contributed by atoms with Gasteiger partial charge in [0.15, 0.2) is 0 Å². The van der Waals surface area contributed by atoms with Gasteiger partial charge in [0.1, 0.15) is 11.5 Å². The van der Waals surface area contributed by atoms with Crippen molar-refractivity contribution in [3.8, 4) is 11.5 Å². The highest BCUT2D eigenvalue weighted by molar-refractivity contribution is 9.09. The van der Waals surface area contributed by atoms with E-state index in [0.29, 0.717) is 23.5 Å². The average Bonchev–Trinajstić information content (AvgIpc) is 2.90. The van der Waals surface area contributed by atoms with E-state index < -0.39 is 5.97 Å². The minimum Gasteiger partial charge on any atom is -0.494 e. The zero-order valence-electron chi connectivity index (χ0n) is 21.8. The summed E-state index contributed by atoms with van der Waals surface area (Å²) in [5.74, 6) is 0.276. The number of carbonyl (C=O) groups is 2. The van der Waals surface area contributed by atoms with Gasteiger partial charge in [-0.1, -0.05) is 74.2 Å². The Morgan fingerprint density at radius 3 is 1.69 bits per heavy atom. The van der Waals surface area contributed by atoms with Crippen LogP contribution in [0.1, 0.15) is 105 Å². The molecule has 6 heteroatoms. The average molecular weight is 562 g/mol. The van der Waals surface area contributed by atoms with Crippen molar-refractivity contribution in [2.75, 3.05) is 11.9 Å². The van der Waals surface area contributed by atoms with Crippen LogP contribution in [0.3, 0.4) is 0 Å². The van der Waals surface area contributed by atoms with Gasteiger partial charge in [0.25, 0.3) is 0 Å². The summed E-state index contributed by atoms with van der Waals surface area (Å²) in [5.41, 5.74) is 0.864. The molecule has 0 radical (unpaired) electrons. The topological polar surface area (TPSA) is 61.8 Å². The highest BCUT2D eigenvalue weighted by Gasteiger charge is 2.13. The lowest BCUT2D eigenvalue weighted by atomic mass is 10.1. The van der Waals surface area contributed by atoms with Crippen LogP contribution in [0.25, 0.3) is 0 Å². The third-order valence-electron chi connectivity index (χ3n) is 6.07. The van der Waals surface area contributed by atoms with Gasteiger partial charge in [-0.15, -0.1) is 0 Å². The third-order valence-corrected chi connectivity index (χ3v) is 6.63. The van der Waals surface area contributed by atoms with Gasteiger partial charge in [-0.2, -0.15) is 0 Å². The van der Waals surface area contributed by atoms with E-state index in [9.17, 15) is 9.59 Å². The molecule has 0 fully saturated rings. The molecule has 0 amide bonds. The van der Waals surface area contributed by atoms with E-state index >= 15 is 0 Å². The summed E-state index contributed by atoms with van der Waals surface area (Å²) in [4.78, 5) is 24.5. The molecule has 0 bridgehead atoms. The molecule has 2 rings (SSSR count). The molecule has 0 aliphatic carbocycles. The fourth-order valence-electron chi connectivity index (χ4n) is 3.65. The van der Waals surface area contributed by atoms with Crippen LogP contribution in [0.2, 0.25) is 0 Å². The fourth-order valence-corrected chi connectivity index (χ4v) is 4.04. The number of rotatable bonds is 18. The van der Waals surface area contributed by atoms with Gasteiger partial charge in [0, 0.05) is 5.33 Å². The summed E-state index contributed by atoms with van der Waals surface area (Å²) in [5, 5.41) is 1.13. The number of ether oxygens (including phenoxy) is 3. The molecule has 36 heavy (non-hydrogen) atoms. The van der Waals surface area contributed by atoms with Gasteiger partial charge >= 0.3 is 11.9 Å². The number of halogens is 1. The number of unbranched alkanes of at least 4 members (excludes halogenated alkanes) is 9. The SMILES string of the molecule is CCC(C)OC(=O)c1ccc(OC(=O)c2ccc(OCCCCCCCCCCCCBr)cc2)cc1. The lowest BCUT2D eigenvalue weighted by Gasteiger charge is -2.11. The van der Waals surface area contributed by atoms with Crippen molar-refractivity contribution in [3.63, 3.8) is 0 Å². The molecule has 2 aromatic rings. The van der Waals surface area contributed by atoms with E-state index in [0.717, 1.165) is 23.9 Å². The van der Waals surface area contributed by atoms with Crippen LogP contribution in [-0.4, -0.2) is 30.0 Å². The van der Waals surface area contributed by atoms with Crippen molar-refractivity contribution in [2.24, 2.45) is 0 Å². The van der Waals surface area contributed by atoms with Crippen molar-refractivity contribution in [1.29, 1.82) is 0 Å². The van der Waals surface area contributed by atoms with E-state index in [2.05, 4.69) is 15.9 Å². The number of hydrogen-bond donors (Lipinski definition) is 0. The van der Waals surface area contributed by atoms with E-state index in [4.69, 9.17) is 14.2 Å². The maximum absolute atomic E-state index is 12.4. The molecule has 198 valence electrons. The molecule has 1 unspecified atom stereocenters. The predicted octanol–water partition coefficient (Wildman–Crippen LogP) is 8.54. The van der Waals surface area contributed by atoms with E-state index in [1.54, 1.807) is 48.5 Å². The molecule has 0 saturated carbocycles. The Balaban J connectivity index is 1.62. The van der Waals surface area contributed by atoms with Gasteiger partial charge < -0.3 is 14.2 Å². The van der Waals surface area contributed by atoms with Crippen LogP contribution in [0, 0.1) is 0 Å². The molecule has 0 spiro atoms. The van der Waals surface area contributed by atoms with Crippen molar-refractivity contribution in [2.45, 2.75) is 90.6 Å². The zero-order valence-corrected chi connectivity index (χ0v) is 23.4. The molecular weight excluding hydrogens is 520 g/mol. The van der Waals surface area contributed by atoms with E-state index in [1.807, 2.05) is 13.8 Å².